The molecule has 0 saturated heterocycles. The molecule has 0 aromatic rings. The fourth-order valence-corrected chi connectivity index (χ4v) is 11.5. The van der Waals surface area contributed by atoms with Gasteiger partial charge in [-0.2, -0.15) is 10.5 Å². The van der Waals surface area contributed by atoms with Gasteiger partial charge in [-0.3, -0.25) is 9.59 Å². The van der Waals surface area contributed by atoms with Crippen molar-refractivity contribution in [2.45, 2.75) is 218 Å². The van der Waals surface area contributed by atoms with E-state index < -0.39 is 0 Å². The zero-order valence-corrected chi connectivity index (χ0v) is 33.1. The van der Waals surface area contributed by atoms with Gasteiger partial charge in [0.1, 0.15) is 0 Å². The van der Waals surface area contributed by atoms with Crippen LogP contribution in [0.25, 0.3) is 0 Å². The maximum atomic E-state index is 12.9. The van der Waals surface area contributed by atoms with Crippen LogP contribution in [0.1, 0.15) is 205 Å². The average molecular weight is 717 g/mol. The Morgan fingerprint density at radius 2 is 0.750 bits per heavy atom. The molecular weight excluding hydrogens is 641 g/mol. The predicted octanol–water partition coefficient (Wildman–Crippen LogP) is 11.5. The highest BCUT2D eigenvalue weighted by atomic mass is 16.2. The van der Waals surface area contributed by atoms with Gasteiger partial charge in [0.25, 0.3) is 0 Å². The summed E-state index contributed by atoms with van der Waals surface area (Å²) >= 11 is 0. The smallest absolute Gasteiger partial charge is 0.220 e. The van der Waals surface area contributed by atoms with Crippen molar-refractivity contribution in [3.05, 3.63) is 0 Å². The van der Waals surface area contributed by atoms with E-state index in [9.17, 15) is 20.1 Å². The first-order valence-electron chi connectivity index (χ1n) is 22.9. The first-order chi connectivity index (χ1) is 25.5. The summed E-state index contributed by atoms with van der Waals surface area (Å²) in [5.41, 5.74) is 0. The van der Waals surface area contributed by atoms with Gasteiger partial charge in [0.15, 0.2) is 0 Å². The van der Waals surface area contributed by atoms with Crippen molar-refractivity contribution in [2.24, 2.45) is 47.3 Å². The van der Waals surface area contributed by atoms with Crippen molar-refractivity contribution in [1.82, 2.24) is 10.6 Å². The van der Waals surface area contributed by atoms with Crippen LogP contribution in [0.4, 0.5) is 0 Å². The molecule has 0 bridgehead atoms. The molecule has 2 N–H and O–H groups in total. The fraction of sp³-hybridized carbons (Fsp3) is 0.913. The number of carbonyl (C=O) groups is 2. The first kappa shape index (κ1) is 41.1. The van der Waals surface area contributed by atoms with Crippen molar-refractivity contribution in [1.29, 1.82) is 10.5 Å². The molecule has 5 aliphatic carbocycles. The van der Waals surface area contributed by atoms with E-state index in [1.807, 2.05) is 0 Å². The summed E-state index contributed by atoms with van der Waals surface area (Å²) in [6.07, 6.45) is 38.4. The summed E-state index contributed by atoms with van der Waals surface area (Å²) in [6, 6.07) is 5.15. The summed E-state index contributed by atoms with van der Waals surface area (Å²) in [6.45, 7) is 0. The maximum absolute atomic E-state index is 12.9. The van der Waals surface area contributed by atoms with Crippen molar-refractivity contribution >= 4 is 11.8 Å². The van der Waals surface area contributed by atoms with Gasteiger partial charge in [0.2, 0.25) is 11.8 Å². The minimum absolute atomic E-state index is 0.0874. The van der Waals surface area contributed by atoms with Crippen LogP contribution in [0.5, 0.6) is 0 Å². The number of nitrogens with zero attached hydrogens (tertiary/aromatic N) is 2. The maximum Gasteiger partial charge on any atom is 0.220 e. The Morgan fingerprint density at radius 1 is 0.423 bits per heavy atom. The lowest BCUT2D eigenvalue weighted by Crippen LogP contribution is -2.53. The third-order valence-corrected chi connectivity index (χ3v) is 15.0. The number of hydrogen-bond donors (Lipinski definition) is 2. The summed E-state index contributed by atoms with van der Waals surface area (Å²) in [7, 11) is 0. The van der Waals surface area contributed by atoms with Crippen LogP contribution in [-0.4, -0.2) is 23.9 Å². The van der Waals surface area contributed by atoms with Crippen molar-refractivity contribution in [3.63, 3.8) is 0 Å². The van der Waals surface area contributed by atoms with Gasteiger partial charge < -0.3 is 10.6 Å². The summed E-state index contributed by atoms with van der Waals surface area (Å²) in [5, 5.41) is 25.0. The van der Waals surface area contributed by atoms with E-state index >= 15 is 0 Å². The Labute approximate surface area is 318 Å². The van der Waals surface area contributed by atoms with Crippen LogP contribution in [0.3, 0.4) is 0 Å². The van der Waals surface area contributed by atoms with E-state index in [-0.39, 0.29) is 23.9 Å². The molecule has 5 fully saturated rings. The zero-order valence-electron chi connectivity index (χ0n) is 33.1. The van der Waals surface area contributed by atoms with E-state index in [1.54, 1.807) is 0 Å². The SMILES string of the molecule is N#CC1CCC(C2CCC(CCCCCCC(=O)NC3CCCCC3NC(=O)CCCCCCC3CCC(C4CCC(C#N)CC4)CC3)CC2)CC1. The molecule has 5 saturated carbocycles. The molecule has 6 heteroatoms. The Kier molecular flexibility index (Phi) is 18.2. The van der Waals surface area contributed by atoms with E-state index in [4.69, 9.17) is 0 Å². The largest absolute Gasteiger partial charge is 0.351 e. The first-order valence-corrected chi connectivity index (χ1v) is 22.9. The minimum atomic E-state index is 0.0874. The topological polar surface area (TPSA) is 106 Å². The van der Waals surface area contributed by atoms with Crippen LogP contribution in [0.15, 0.2) is 0 Å². The van der Waals surface area contributed by atoms with E-state index in [2.05, 4.69) is 22.8 Å². The van der Waals surface area contributed by atoms with Crippen LogP contribution in [0, 0.1) is 70.0 Å². The molecule has 0 aliphatic heterocycles. The molecule has 0 radical (unpaired) electrons. The second kappa shape index (κ2) is 23.0. The predicted molar refractivity (Wildman–Crippen MR) is 211 cm³/mol. The number of amides is 2. The molecule has 2 amide bonds. The van der Waals surface area contributed by atoms with Gasteiger partial charge in [-0.05, 0) is 138 Å². The second-order valence-corrected chi connectivity index (χ2v) is 18.6. The lowest BCUT2D eigenvalue weighted by Gasteiger charge is -2.36. The number of unbranched alkanes of at least 4 members (excludes halogenated alkanes) is 6. The highest BCUT2D eigenvalue weighted by molar-refractivity contribution is 5.77. The van der Waals surface area contributed by atoms with Crippen LogP contribution < -0.4 is 10.6 Å². The number of nitriles is 2. The average Bonchev–Trinajstić information content (AvgIpc) is 3.19. The zero-order chi connectivity index (χ0) is 36.4. The molecule has 0 aromatic carbocycles. The summed E-state index contributed by atoms with van der Waals surface area (Å²) in [4.78, 5) is 25.7. The van der Waals surface area contributed by atoms with E-state index in [1.165, 1.54) is 116 Å². The molecule has 0 aromatic heterocycles. The quantitative estimate of drug-likeness (QED) is 0.138. The van der Waals surface area contributed by atoms with Gasteiger partial charge in [0.05, 0.1) is 12.1 Å². The van der Waals surface area contributed by atoms with Crippen molar-refractivity contribution in [3.8, 4) is 12.1 Å². The molecule has 6 nitrogen and oxygen atoms in total. The van der Waals surface area contributed by atoms with Gasteiger partial charge in [0, 0.05) is 36.8 Å². The number of rotatable bonds is 18. The molecule has 5 rings (SSSR count). The van der Waals surface area contributed by atoms with Crippen molar-refractivity contribution in [2.75, 3.05) is 0 Å². The number of hydrogen-bond acceptors (Lipinski definition) is 4. The van der Waals surface area contributed by atoms with Crippen LogP contribution in [-0.2, 0) is 9.59 Å². The Bertz CT molecular complexity index is 1020. The van der Waals surface area contributed by atoms with Crippen LogP contribution in [0.2, 0.25) is 0 Å². The molecule has 2 unspecified atom stereocenters. The molecular formula is C46H76N4O2. The Morgan fingerprint density at radius 3 is 1.10 bits per heavy atom. The van der Waals surface area contributed by atoms with Crippen molar-refractivity contribution < 1.29 is 9.59 Å². The summed E-state index contributed by atoms with van der Waals surface area (Å²) < 4.78 is 0. The Balaban J connectivity index is 0.837. The highest BCUT2D eigenvalue weighted by Gasteiger charge is 2.32. The monoisotopic (exact) mass is 717 g/mol. The van der Waals surface area contributed by atoms with Gasteiger partial charge in [-0.1, -0.05) is 89.9 Å². The third kappa shape index (κ3) is 14.0. The van der Waals surface area contributed by atoms with Gasteiger partial charge in [-0.25, -0.2) is 0 Å². The standard InChI is InChI=1S/C46H76N4O2/c47-33-37-21-29-41(30-22-37)39-25-17-35(18-26-39)11-5-1-3-7-15-45(51)49-43-13-9-10-14-44(43)50-46(52)16-8-4-2-6-12-36-19-27-40(28-20-36)42-31-23-38(34-48)24-32-42/h35-44H,1-32H2,(H,49,51)(H,50,52). The highest BCUT2D eigenvalue weighted by Crippen LogP contribution is 2.43. The summed E-state index contributed by atoms with van der Waals surface area (Å²) in [5.74, 6) is 6.40. The minimum Gasteiger partial charge on any atom is -0.351 e. The van der Waals surface area contributed by atoms with E-state index in [0.717, 1.165) is 113 Å². The molecule has 292 valence electrons. The molecule has 5 aliphatic rings. The normalized spacial score (nSPS) is 34.0. The second-order valence-electron chi connectivity index (χ2n) is 18.6. The Hall–Kier alpha value is -2.08. The molecule has 2 atom stereocenters. The number of nitrogens with one attached hydrogen (secondary N) is 2. The fourth-order valence-electron chi connectivity index (χ4n) is 11.5. The number of carbonyl (C=O) groups excluding carboxylic acids is 2. The van der Waals surface area contributed by atoms with Crippen LogP contribution >= 0.6 is 0 Å². The lowest BCUT2D eigenvalue weighted by atomic mass is 9.69. The molecule has 0 spiro atoms. The third-order valence-electron chi connectivity index (χ3n) is 15.0. The lowest BCUT2D eigenvalue weighted by molar-refractivity contribution is -0.125. The van der Waals surface area contributed by atoms with Gasteiger partial charge >= 0.3 is 0 Å². The molecule has 52 heavy (non-hydrogen) atoms. The van der Waals surface area contributed by atoms with E-state index in [0.29, 0.717) is 24.7 Å². The van der Waals surface area contributed by atoms with Gasteiger partial charge in [-0.15, -0.1) is 0 Å². The molecule has 0 heterocycles.